The van der Waals surface area contributed by atoms with Gasteiger partial charge in [0.05, 0.1) is 11.8 Å². The van der Waals surface area contributed by atoms with Gasteiger partial charge in [-0.2, -0.15) is 0 Å². The molecule has 4 heteroatoms. The summed E-state index contributed by atoms with van der Waals surface area (Å²) in [4.78, 5) is 7.30. The normalized spacial score (nSPS) is 25.4. The van der Waals surface area contributed by atoms with Crippen LogP contribution in [-0.4, -0.2) is 36.3 Å². The topological polar surface area (TPSA) is 37.4 Å². The number of ether oxygens (including phenoxy) is 1. The minimum absolute atomic E-state index is 0.197. The fourth-order valence-electron chi connectivity index (χ4n) is 3.18. The third-order valence-electron chi connectivity index (χ3n) is 3.97. The number of aromatic nitrogens is 1. The number of pyridine rings is 1. The van der Waals surface area contributed by atoms with Gasteiger partial charge in [0.15, 0.2) is 0 Å². The molecule has 0 aromatic carbocycles. The standard InChI is InChI=1S/C15H23N3O/c1-9(2)19-14-6-12-5-13-8-16-7-10(3)18(13)15(12)17-11(14)4/h6,9-10,13,16H,5,7-8H2,1-4H3/t10-,13-/m1/s1. The Bertz CT molecular complexity index is 487. The molecule has 2 aliphatic rings. The van der Waals surface area contributed by atoms with Gasteiger partial charge in [-0.15, -0.1) is 0 Å². The molecule has 0 saturated carbocycles. The first-order chi connectivity index (χ1) is 9.06. The molecule has 1 N–H and O–H groups in total. The van der Waals surface area contributed by atoms with Crippen molar-refractivity contribution in [3.63, 3.8) is 0 Å². The molecule has 0 spiro atoms. The molecule has 19 heavy (non-hydrogen) atoms. The summed E-state index contributed by atoms with van der Waals surface area (Å²) in [6.45, 7) is 10.5. The van der Waals surface area contributed by atoms with E-state index in [9.17, 15) is 0 Å². The van der Waals surface area contributed by atoms with Crippen LogP contribution in [0, 0.1) is 6.92 Å². The smallest absolute Gasteiger partial charge is 0.141 e. The lowest BCUT2D eigenvalue weighted by atomic mass is 10.1. The number of fused-ring (bicyclic) bond motifs is 3. The fraction of sp³-hybridized carbons (Fsp3) is 0.667. The molecule has 4 nitrogen and oxygen atoms in total. The lowest BCUT2D eigenvalue weighted by Crippen LogP contribution is -2.55. The van der Waals surface area contributed by atoms with Crippen LogP contribution < -0.4 is 15.0 Å². The van der Waals surface area contributed by atoms with E-state index in [0.29, 0.717) is 12.1 Å². The molecule has 0 amide bonds. The maximum atomic E-state index is 5.85. The van der Waals surface area contributed by atoms with Crippen LogP contribution in [0.2, 0.25) is 0 Å². The van der Waals surface area contributed by atoms with Gasteiger partial charge in [0.1, 0.15) is 11.6 Å². The third kappa shape index (κ3) is 2.18. The van der Waals surface area contributed by atoms with Gasteiger partial charge in [0.2, 0.25) is 0 Å². The minimum atomic E-state index is 0.197. The van der Waals surface area contributed by atoms with E-state index >= 15 is 0 Å². The Hall–Kier alpha value is -1.29. The molecular formula is C15H23N3O. The molecule has 104 valence electrons. The van der Waals surface area contributed by atoms with Crippen molar-refractivity contribution in [1.29, 1.82) is 0 Å². The van der Waals surface area contributed by atoms with Crippen LogP contribution in [0.15, 0.2) is 6.07 Å². The van der Waals surface area contributed by atoms with Crippen molar-refractivity contribution in [2.75, 3.05) is 18.0 Å². The molecule has 0 radical (unpaired) electrons. The zero-order valence-corrected chi connectivity index (χ0v) is 12.2. The van der Waals surface area contributed by atoms with E-state index in [1.807, 2.05) is 6.92 Å². The Morgan fingerprint density at radius 1 is 1.42 bits per heavy atom. The van der Waals surface area contributed by atoms with Crippen LogP contribution in [0.4, 0.5) is 5.82 Å². The second-order valence-corrected chi connectivity index (χ2v) is 5.99. The number of anilines is 1. The molecule has 0 unspecified atom stereocenters. The molecule has 1 aromatic heterocycles. The van der Waals surface area contributed by atoms with Gasteiger partial charge < -0.3 is 15.0 Å². The van der Waals surface area contributed by atoms with Gasteiger partial charge in [0, 0.05) is 30.7 Å². The van der Waals surface area contributed by atoms with E-state index in [0.717, 1.165) is 31.0 Å². The van der Waals surface area contributed by atoms with Crippen LogP contribution in [-0.2, 0) is 6.42 Å². The molecule has 1 aromatic rings. The van der Waals surface area contributed by atoms with Crippen molar-refractivity contribution in [3.8, 4) is 5.75 Å². The number of rotatable bonds is 2. The predicted octanol–water partition coefficient (Wildman–Crippen LogP) is 1.90. The van der Waals surface area contributed by atoms with Gasteiger partial charge in [-0.05, 0) is 40.2 Å². The van der Waals surface area contributed by atoms with Crippen LogP contribution in [0.5, 0.6) is 5.75 Å². The highest BCUT2D eigenvalue weighted by Gasteiger charge is 2.36. The summed E-state index contributed by atoms with van der Waals surface area (Å²) in [6.07, 6.45) is 1.28. The Labute approximate surface area is 115 Å². The summed E-state index contributed by atoms with van der Waals surface area (Å²) in [7, 11) is 0. The quantitative estimate of drug-likeness (QED) is 0.882. The molecule has 2 aliphatic heterocycles. The van der Waals surface area contributed by atoms with Gasteiger partial charge in [-0.25, -0.2) is 4.98 Å². The van der Waals surface area contributed by atoms with Crippen molar-refractivity contribution in [3.05, 3.63) is 17.3 Å². The third-order valence-corrected chi connectivity index (χ3v) is 3.97. The maximum Gasteiger partial charge on any atom is 0.141 e. The van der Waals surface area contributed by atoms with Gasteiger partial charge in [-0.1, -0.05) is 0 Å². The highest BCUT2D eigenvalue weighted by molar-refractivity contribution is 5.58. The van der Waals surface area contributed by atoms with E-state index < -0.39 is 0 Å². The molecular weight excluding hydrogens is 238 g/mol. The lowest BCUT2D eigenvalue weighted by Gasteiger charge is -2.37. The molecule has 0 aliphatic carbocycles. The van der Waals surface area contributed by atoms with E-state index in [1.54, 1.807) is 0 Å². The number of piperazine rings is 1. The van der Waals surface area contributed by atoms with Crippen molar-refractivity contribution < 1.29 is 4.74 Å². The lowest BCUT2D eigenvalue weighted by molar-refractivity contribution is 0.239. The van der Waals surface area contributed by atoms with E-state index in [1.165, 1.54) is 11.4 Å². The number of nitrogens with zero attached hydrogens (tertiary/aromatic N) is 2. The van der Waals surface area contributed by atoms with Gasteiger partial charge >= 0.3 is 0 Å². The molecule has 2 atom stereocenters. The average Bonchev–Trinajstić information content (AvgIpc) is 2.68. The summed E-state index contributed by atoms with van der Waals surface area (Å²) in [5.41, 5.74) is 2.33. The number of aryl methyl sites for hydroxylation is 1. The Kier molecular flexibility index (Phi) is 3.13. The number of hydrogen-bond acceptors (Lipinski definition) is 4. The molecule has 0 bridgehead atoms. The fourth-order valence-corrected chi connectivity index (χ4v) is 3.18. The van der Waals surface area contributed by atoms with Crippen LogP contribution in [0.3, 0.4) is 0 Å². The molecule has 1 fully saturated rings. The predicted molar refractivity (Wildman–Crippen MR) is 77.0 cm³/mol. The summed E-state index contributed by atoms with van der Waals surface area (Å²) >= 11 is 0. The van der Waals surface area contributed by atoms with E-state index in [2.05, 4.69) is 37.1 Å². The van der Waals surface area contributed by atoms with Crippen LogP contribution in [0.25, 0.3) is 0 Å². The second kappa shape index (κ2) is 4.67. The largest absolute Gasteiger partial charge is 0.489 e. The zero-order valence-electron chi connectivity index (χ0n) is 12.2. The van der Waals surface area contributed by atoms with E-state index in [4.69, 9.17) is 9.72 Å². The Morgan fingerprint density at radius 2 is 2.21 bits per heavy atom. The summed E-state index contributed by atoms with van der Waals surface area (Å²) in [5, 5.41) is 3.50. The number of hydrogen-bond donors (Lipinski definition) is 1. The Morgan fingerprint density at radius 3 is 2.95 bits per heavy atom. The van der Waals surface area contributed by atoms with Crippen molar-refractivity contribution in [2.24, 2.45) is 0 Å². The minimum Gasteiger partial charge on any atom is -0.489 e. The summed E-state index contributed by atoms with van der Waals surface area (Å²) in [5.74, 6) is 2.11. The molecule has 3 heterocycles. The summed E-state index contributed by atoms with van der Waals surface area (Å²) < 4.78 is 5.85. The second-order valence-electron chi connectivity index (χ2n) is 5.99. The van der Waals surface area contributed by atoms with E-state index in [-0.39, 0.29) is 6.10 Å². The maximum absolute atomic E-state index is 5.85. The van der Waals surface area contributed by atoms with Crippen LogP contribution >= 0.6 is 0 Å². The van der Waals surface area contributed by atoms with Gasteiger partial charge in [0.25, 0.3) is 0 Å². The monoisotopic (exact) mass is 261 g/mol. The first-order valence-corrected chi connectivity index (χ1v) is 7.22. The first kappa shape index (κ1) is 12.7. The SMILES string of the molecule is Cc1nc2c(cc1OC(C)C)C[C@@H]1CNC[C@@H](C)N21. The van der Waals surface area contributed by atoms with Crippen molar-refractivity contribution in [2.45, 2.75) is 52.3 Å². The highest BCUT2D eigenvalue weighted by Crippen LogP contribution is 2.36. The molecule has 3 rings (SSSR count). The van der Waals surface area contributed by atoms with Crippen LogP contribution in [0.1, 0.15) is 32.0 Å². The molecule has 1 saturated heterocycles. The first-order valence-electron chi connectivity index (χ1n) is 7.22. The van der Waals surface area contributed by atoms with Crippen molar-refractivity contribution in [1.82, 2.24) is 10.3 Å². The zero-order chi connectivity index (χ0) is 13.6. The summed E-state index contributed by atoms with van der Waals surface area (Å²) in [6, 6.07) is 3.27. The highest BCUT2D eigenvalue weighted by atomic mass is 16.5. The Balaban J connectivity index is 1.96. The van der Waals surface area contributed by atoms with Gasteiger partial charge in [-0.3, -0.25) is 0 Å². The van der Waals surface area contributed by atoms with Crippen molar-refractivity contribution >= 4 is 5.82 Å². The number of nitrogens with one attached hydrogen (secondary N) is 1. The average molecular weight is 261 g/mol.